The fraction of sp³-hybridized carbons (Fsp3) is 0.833. The molecule has 2 atom stereocenters. The second kappa shape index (κ2) is 4.96. The summed E-state index contributed by atoms with van der Waals surface area (Å²) >= 11 is 5.46. The fourth-order valence-electron chi connectivity index (χ4n) is 0.745. The second-order valence-electron chi connectivity index (χ2n) is 2.38. The van der Waals surface area contributed by atoms with Gasteiger partial charge in [-0.15, -0.1) is 11.8 Å². The minimum absolute atomic E-state index is 0.219. The lowest BCUT2D eigenvalue weighted by Crippen LogP contribution is -2.38. The first-order valence-electron chi connectivity index (χ1n) is 3.66. The van der Waals surface area contributed by atoms with Crippen LogP contribution in [0.4, 0.5) is 0 Å². The summed E-state index contributed by atoms with van der Waals surface area (Å²) < 4.78 is 5.00. The first kappa shape index (κ1) is 10.2. The van der Waals surface area contributed by atoms with E-state index in [4.69, 9.17) is 10.5 Å². The molecule has 0 aromatic heterocycles. The van der Waals surface area contributed by atoms with Crippen LogP contribution in [0.5, 0.6) is 0 Å². The van der Waals surface area contributed by atoms with E-state index in [2.05, 4.69) is 17.9 Å². The van der Waals surface area contributed by atoms with Crippen molar-refractivity contribution >= 4 is 30.4 Å². The van der Waals surface area contributed by atoms with Crippen LogP contribution in [0.3, 0.4) is 0 Å². The molecule has 1 aliphatic rings. The molecule has 0 amide bonds. The maximum Gasteiger partial charge on any atom is 0.325 e. The smallest absolute Gasteiger partial charge is 0.325 e. The zero-order valence-corrected chi connectivity index (χ0v) is 8.24. The average molecular weight is 208 g/mol. The number of hydrogen-bond donors (Lipinski definition) is 3. The predicted octanol–water partition coefficient (Wildman–Crippen LogP) is -0.593. The van der Waals surface area contributed by atoms with Crippen LogP contribution in [0.15, 0.2) is 0 Å². The van der Waals surface area contributed by atoms with Gasteiger partial charge >= 0.3 is 5.97 Å². The zero-order chi connectivity index (χ0) is 8.97. The first-order chi connectivity index (χ1) is 5.74. The van der Waals surface area contributed by atoms with Gasteiger partial charge in [0.1, 0.15) is 6.04 Å². The van der Waals surface area contributed by atoms with Crippen molar-refractivity contribution in [3.63, 3.8) is 0 Å². The lowest BCUT2D eigenvalue weighted by atomic mass is 10.4. The molecule has 0 aromatic rings. The van der Waals surface area contributed by atoms with Gasteiger partial charge < -0.3 is 10.5 Å². The molecule has 1 rings (SSSR count). The van der Waals surface area contributed by atoms with Crippen LogP contribution < -0.4 is 11.1 Å². The van der Waals surface area contributed by atoms with Crippen molar-refractivity contribution in [1.82, 2.24) is 5.32 Å². The van der Waals surface area contributed by atoms with Crippen molar-refractivity contribution in [2.75, 3.05) is 18.1 Å². The van der Waals surface area contributed by atoms with Crippen LogP contribution in [0.2, 0.25) is 0 Å². The molecule has 0 radical (unpaired) electrons. The molecule has 0 saturated carbocycles. The number of nitrogens with one attached hydrogen (secondary N) is 1. The molecule has 1 saturated heterocycles. The molecule has 1 heterocycles. The molecular formula is C6H12N2O2S2. The van der Waals surface area contributed by atoms with Gasteiger partial charge in [-0.05, 0) is 0 Å². The monoisotopic (exact) mass is 208 g/mol. The highest BCUT2D eigenvalue weighted by molar-refractivity contribution is 8.00. The Morgan fingerprint density at radius 3 is 3.17 bits per heavy atom. The van der Waals surface area contributed by atoms with Crippen molar-refractivity contribution in [2.24, 2.45) is 5.73 Å². The molecule has 3 N–H and O–H groups in total. The summed E-state index contributed by atoms with van der Waals surface area (Å²) in [5, 5.41) is 3.01. The van der Waals surface area contributed by atoms with Gasteiger partial charge in [0.15, 0.2) is 0 Å². The Morgan fingerprint density at radius 1 is 1.92 bits per heavy atom. The molecule has 0 spiro atoms. The Hall–Kier alpha value is 0.0900. The first-order valence-corrected chi connectivity index (χ1v) is 5.34. The van der Waals surface area contributed by atoms with E-state index in [1.807, 2.05) is 0 Å². The van der Waals surface area contributed by atoms with E-state index in [1.165, 1.54) is 0 Å². The Morgan fingerprint density at radius 2 is 2.67 bits per heavy atom. The van der Waals surface area contributed by atoms with Crippen LogP contribution in [0.1, 0.15) is 0 Å². The maximum absolute atomic E-state index is 11.1. The molecule has 1 aliphatic heterocycles. The van der Waals surface area contributed by atoms with Crippen molar-refractivity contribution in [1.29, 1.82) is 0 Å². The summed E-state index contributed by atoms with van der Waals surface area (Å²) in [5.41, 5.74) is 5.19. The molecular weight excluding hydrogens is 196 g/mol. The second-order valence-corrected chi connectivity index (χ2v) is 3.92. The number of hydrogen-bond acceptors (Lipinski definition) is 6. The summed E-state index contributed by atoms with van der Waals surface area (Å²) in [6.45, 7) is 0.874. The lowest BCUT2D eigenvalue weighted by Gasteiger charge is -2.13. The highest BCUT2D eigenvalue weighted by atomic mass is 32.2. The van der Waals surface area contributed by atoms with E-state index in [0.29, 0.717) is 5.75 Å². The van der Waals surface area contributed by atoms with Crippen LogP contribution in [0, 0.1) is 0 Å². The molecule has 1 fully saturated rings. The Labute approximate surface area is 81.0 Å². The lowest BCUT2D eigenvalue weighted by molar-refractivity contribution is -0.146. The third kappa shape index (κ3) is 2.85. The summed E-state index contributed by atoms with van der Waals surface area (Å²) in [4.78, 5) is 11.1. The van der Waals surface area contributed by atoms with Gasteiger partial charge in [0.05, 0.1) is 0 Å². The molecule has 1 unspecified atom stereocenters. The van der Waals surface area contributed by atoms with Crippen LogP contribution in [-0.2, 0) is 9.53 Å². The Kier molecular flexibility index (Phi) is 4.20. The third-order valence-electron chi connectivity index (χ3n) is 1.40. The predicted molar refractivity (Wildman–Crippen MR) is 52.2 cm³/mol. The van der Waals surface area contributed by atoms with Crippen molar-refractivity contribution < 1.29 is 9.53 Å². The normalized spacial score (nSPS) is 25.3. The number of ether oxygens (including phenoxy) is 1. The number of rotatable bonds is 3. The molecule has 4 nitrogen and oxygen atoms in total. The van der Waals surface area contributed by atoms with Crippen LogP contribution >= 0.6 is 24.4 Å². The third-order valence-corrected chi connectivity index (χ3v) is 2.80. The van der Waals surface area contributed by atoms with Crippen LogP contribution in [-0.4, -0.2) is 35.6 Å². The van der Waals surface area contributed by atoms with Gasteiger partial charge in [0, 0.05) is 18.1 Å². The minimum Gasteiger partial charge on any atom is -0.436 e. The molecule has 12 heavy (non-hydrogen) atoms. The van der Waals surface area contributed by atoms with Crippen molar-refractivity contribution in [3.05, 3.63) is 0 Å². The Balaban J connectivity index is 2.25. The zero-order valence-electron chi connectivity index (χ0n) is 6.53. The summed E-state index contributed by atoms with van der Waals surface area (Å²) in [6.07, 6.45) is 0. The van der Waals surface area contributed by atoms with E-state index in [-0.39, 0.29) is 5.56 Å². The number of thiol groups is 1. The van der Waals surface area contributed by atoms with Gasteiger partial charge in [-0.25, -0.2) is 0 Å². The molecule has 6 heteroatoms. The van der Waals surface area contributed by atoms with Gasteiger partial charge in [-0.2, -0.15) is 12.6 Å². The molecule has 70 valence electrons. The van der Waals surface area contributed by atoms with E-state index in [0.717, 1.165) is 12.3 Å². The largest absolute Gasteiger partial charge is 0.436 e. The number of carbonyl (C=O) groups is 1. The van der Waals surface area contributed by atoms with E-state index in [1.54, 1.807) is 11.8 Å². The van der Waals surface area contributed by atoms with E-state index >= 15 is 0 Å². The summed E-state index contributed by atoms with van der Waals surface area (Å²) in [6, 6.07) is -0.615. The highest BCUT2D eigenvalue weighted by Gasteiger charge is 2.21. The quantitative estimate of drug-likeness (QED) is 0.427. The number of nitrogens with two attached hydrogens (primary N) is 1. The number of esters is 1. The van der Waals surface area contributed by atoms with Gasteiger partial charge in [-0.1, -0.05) is 0 Å². The van der Waals surface area contributed by atoms with Crippen LogP contribution in [0.25, 0.3) is 0 Å². The van der Waals surface area contributed by atoms with Gasteiger partial charge in [0.2, 0.25) is 5.56 Å². The summed E-state index contributed by atoms with van der Waals surface area (Å²) in [7, 11) is 0. The van der Waals surface area contributed by atoms with Crippen molar-refractivity contribution in [3.8, 4) is 0 Å². The van der Waals surface area contributed by atoms with E-state index in [9.17, 15) is 4.79 Å². The highest BCUT2D eigenvalue weighted by Crippen LogP contribution is 2.14. The summed E-state index contributed by atoms with van der Waals surface area (Å²) in [5.74, 6) is 0.890. The molecule has 0 aliphatic carbocycles. The average Bonchev–Trinajstić information content (AvgIpc) is 2.55. The fourth-order valence-corrected chi connectivity index (χ4v) is 1.74. The van der Waals surface area contributed by atoms with Gasteiger partial charge in [-0.3, -0.25) is 10.1 Å². The maximum atomic E-state index is 11.1. The topological polar surface area (TPSA) is 64.4 Å². The van der Waals surface area contributed by atoms with Crippen molar-refractivity contribution in [2.45, 2.75) is 11.6 Å². The van der Waals surface area contributed by atoms with Gasteiger partial charge in [0.25, 0.3) is 0 Å². The number of thioether (sulfide) groups is 1. The molecule has 0 aromatic carbocycles. The Bertz CT molecular complexity index is 162. The minimum atomic E-state index is -0.615. The van der Waals surface area contributed by atoms with E-state index < -0.39 is 12.0 Å². The standard InChI is InChI=1S/C6H12N2O2S2/c7-4(3-11)5(9)10-6-8-1-2-12-6/h4,6,8,11H,1-3,7H2/t4-,6?/m0/s1. The number of carbonyl (C=O) groups excluding carboxylic acids is 1. The molecule has 0 bridgehead atoms. The SMILES string of the molecule is N[C@@H](CS)C(=O)OC1NCCS1.